The molecule has 0 saturated carbocycles. The number of nitrogens with one attached hydrogen (secondary N) is 1. The Morgan fingerprint density at radius 3 is 2.48 bits per heavy atom. The number of nitrogens with zero attached hydrogens (tertiary/aromatic N) is 3. The van der Waals surface area contributed by atoms with E-state index in [1.54, 1.807) is 26.2 Å². The van der Waals surface area contributed by atoms with E-state index in [9.17, 15) is 9.59 Å². The fraction of sp³-hybridized carbons (Fsp3) is 0.324. The van der Waals surface area contributed by atoms with Crippen LogP contribution in [0.15, 0.2) is 66.7 Å². The summed E-state index contributed by atoms with van der Waals surface area (Å²) in [7, 11) is 4.84. The van der Waals surface area contributed by atoms with Crippen LogP contribution < -0.4 is 19.7 Å². The molecule has 44 heavy (non-hydrogen) atoms. The summed E-state index contributed by atoms with van der Waals surface area (Å²) in [5, 5.41) is 7.85. The summed E-state index contributed by atoms with van der Waals surface area (Å²) in [4.78, 5) is 28.8. The lowest BCUT2D eigenvalue weighted by Crippen LogP contribution is -2.42. The van der Waals surface area contributed by atoms with Crippen molar-refractivity contribution in [1.29, 1.82) is 0 Å². The molecule has 0 radical (unpaired) electrons. The molecule has 3 aromatic carbocycles. The maximum Gasteiger partial charge on any atom is 0.240 e. The molecule has 0 saturated heterocycles. The van der Waals surface area contributed by atoms with Gasteiger partial charge in [-0.25, -0.2) is 4.68 Å². The maximum absolute atomic E-state index is 14.0. The zero-order valence-corrected chi connectivity index (χ0v) is 26.6. The number of methoxy groups -OCH3 is 3. The van der Waals surface area contributed by atoms with Crippen LogP contribution in [0.5, 0.6) is 11.5 Å². The quantitative estimate of drug-likeness (QED) is 0.223. The van der Waals surface area contributed by atoms with Crippen molar-refractivity contribution in [2.45, 2.75) is 25.5 Å². The number of carbonyl (C=O) groups excluding carboxylic acids is 2. The number of rotatable bonds is 11. The van der Waals surface area contributed by atoms with Gasteiger partial charge in [0.2, 0.25) is 11.8 Å². The Kier molecular flexibility index (Phi) is 9.92. The van der Waals surface area contributed by atoms with Crippen molar-refractivity contribution in [1.82, 2.24) is 15.1 Å². The maximum atomic E-state index is 14.0. The monoisotopic (exact) mass is 614 g/mol. The molecule has 1 aliphatic rings. The highest BCUT2D eigenvalue weighted by molar-refractivity contribution is 8.00. The fourth-order valence-electron chi connectivity index (χ4n) is 5.46. The Labute approximate surface area is 262 Å². The summed E-state index contributed by atoms with van der Waals surface area (Å²) >= 11 is 1.51. The third-order valence-corrected chi connectivity index (χ3v) is 8.83. The molecular weight excluding hydrogens is 576 g/mol. The van der Waals surface area contributed by atoms with Crippen LogP contribution in [0, 0.1) is 13.8 Å². The Morgan fingerprint density at radius 2 is 1.77 bits per heavy atom. The lowest BCUT2D eigenvalue weighted by molar-refractivity contribution is -0.122. The average molecular weight is 615 g/mol. The molecule has 1 aromatic heterocycles. The van der Waals surface area contributed by atoms with Gasteiger partial charge in [0.25, 0.3) is 0 Å². The van der Waals surface area contributed by atoms with Crippen molar-refractivity contribution in [3.8, 4) is 28.4 Å². The van der Waals surface area contributed by atoms with Crippen LogP contribution in [-0.4, -0.2) is 68.4 Å². The second-order valence-corrected chi connectivity index (χ2v) is 11.7. The molecule has 1 atom stereocenters. The van der Waals surface area contributed by atoms with Gasteiger partial charge in [0.15, 0.2) is 11.5 Å². The second kappa shape index (κ2) is 14.0. The van der Waals surface area contributed by atoms with E-state index in [2.05, 4.69) is 11.4 Å². The minimum absolute atomic E-state index is 0.136. The van der Waals surface area contributed by atoms with Crippen LogP contribution in [0.1, 0.15) is 33.9 Å². The van der Waals surface area contributed by atoms with Gasteiger partial charge in [-0.3, -0.25) is 14.5 Å². The van der Waals surface area contributed by atoms with Gasteiger partial charge in [-0.2, -0.15) is 5.10 Å². The summed E-state index contributed by atoms with van der Waals surface area (Å²) < 4.78 is 18.1. The van der Waals surface area contributed by atoms with E-state index in [0.717, 1.165) is 39.2 Å². The number of fused-ring (bicyclic) bond motifs is 1. The summed E-state index contributed by atoms with van der Waals surface area (Å²) in [6.45, 7) is 4.93. The standard InChI is InChI=1S/C34H38N4O5S/c1-22-12-14-26(23(2)18-22)38-34-31(32(36-38)24-10-7-6-8-11-24)33(25-13-15-27(42-4)28(19-25)43-5)44-21-30(40)37(34)20-29(39)35-16-9-17-41-3/h6-8,10-15,18-19,33H,9,16-17,20-21H2,1-5H3,(H,35,39). The van der Waals surface area contributed by atoms with Crippen LogP contribution in [0.3, 0.4) is 0 Å². The number of amides is 2. The lowest BCUT2D eigenvalue weighted by Gasteiger charge is -2.24. The number of aryl methyl sites for hydroxylation is 2. The van der Waals surface area contributed by atoms with E-state index < -0.39 is 0 Å². The normalized spacial score (nSPS) is 14.6. The minimum atomic E-state index is -0.293. The van der Waals surface area contributed by atoms with E-state index in [-0.39, 0.29) is 29.4 Å². The molecule has 0 aliphatic carbocycles. The smallest absolute Gasteiger partial charge is 0.240 e. The average Bonchev–Trinajstić information content (AvgIpc) is 3.35. The number of carbonyl (C=O) groups is 2. The van der Waals surface area contributed by atoms with Crippen LogP contribution in [0.25, 0.3) is 16.9 Å². The molecule has 0 spiro atoms. The summed E-state index contributed by atoms with van der Waals surface area (Å²) in [6.07, 6.45) is 0.678. The SMILES string of the molecule is COCCCNC(=O)CN1C(=O)CSC(c2ccc(OC)c(OC)c2)c2c(-c3ccccc3)nn(-c3ccc(C)cc3C)c21. The van der Waals surface area contributed by atoms with E-state index in [1.165, 1.54) is 11.8 Å². The molecule has 2 heterocycles. The van der Waals surface area contributed by atoms with Crippen LogP contribution in [-0.2, 0) is 14.3 Å². The molecule has 230 valence electrons. The molecule has 0 bridgehead atoms. The van der Waals surface area contributed by atoms with Crippen LogP contribution >= 0.6 is 11.8 Å². The molecule has 2 amide bonds. The summed E-state index contributed by atoms with van der Waals surface area (Å²) in [6, 6.07) is 21.9. The number of thioether (sulfide) groups is 1. The van der Waals surface area contributed by atoms with Gasteiger partial charge >= 0.3 is 0 Å². The molecular formula is C34H38N4O5S. The molecule has 1 aliphatic heterocycles. The number of aromatic nitrogens is 2. The van der Waals surface area contributed by atoms with Crippen molar-refractivity contribution >= 4 is 29.4 Å². The minimum Gasteiger partial charge on any atom is -0.493 e. The number of hydrogen-bond acceptors (Lipinski definition) is 7. The Balaban J connectivity index is 1.75. The lowest BCUT2D eigenvalue weighted by atomic mass is 9.99. The van der Waals surface area contributed by atoms with Crippen molar-refractivity contribution < 1.29 is 23.8 Å². The highest BCUT2D eigenvalue weighted by atomic mass is 32.2. The first-order valence-electron chi connectivity index (χ1n) is 14.5. The number of ether oxygens (including phenoxy) is 3. The molecule has 10 heteroatoms. The highest BCUT2D eigenvalue weighted by Crippen LogP contribution is 2.49. The van der Waals surface area contributed by atoms with Crippen molar-refractivity contribution in [3.63, 3.8) is 0 Å². The van der Waals surface area contributed by atoms with Gasteiger partial charge in [-0.15, -0.1) is 11.8 Å². The first-order valence-corrected chi connectivity index (χ1v) is 15.6. The zero-order valence-electron chi connectivity index (χ0n) is 25.8. The molecule has 5 rings (SSSR count). The Hall–Kier alpha value is -4.28. The van der Waals surface area contributed by atoms with Gasteiger partial charge in [-0.05, 0) is 49.6 Å². The summed E-state index contributed by atoms with van der Waals surface area (Å²) in [5.41, 5.74) is 6.41. The first-order chi connectivity index (χ1) is 21.4. The van der Waals surface area contributed by atoms with Gasteiger partial charge < -0.3 is 19.5 Å². The third-order valence-electron chi connectivity index (χ3n) is 7.58. The highest BCUT2D eigenvalue weighted by Gasteiger charge is 2.38. The van der Waals surface area contributed by atoms with E-state index >= 15 is 0 Å². The van der Waals surface area contributed by atoms with E-state index in [4.69, 9.17) is 19.3 Å². The van der Waals surface area contributed by atoms with Crippen molar-refractivity contribution in [2.24, 2.45) is 0 Å². The molecule has 1 unspecified atom stereocenters. The zero-order chi connectivity index (χ0) is 31.2. The molecule has 9 nitrogen and oxygen atoms in total. The van der Waals surface area contributed by atoms with Crippen molar-refractivity contribution in [3.05, 3.63) is 89.0 Å². The van der Waals surface area contributed by atoms with Gasteiger partial charge in [-0.1, -0.05) is 54.1 Å². The van der Waals surface area contributed by atoms with Crippen LogP contribution in [0.4, 0.5) is 5.82 Å². The Bertz CT molecular complexity index is 1640. The topological polar surface area (TPSA) is 94.9 Å². The first kappa shape index (κ1) is 31.2. The molecule has 0 fully saturated rings. The number of hydrogen-bond donors (Lipinski definition) is 1. The second-order valence-electron chi connectivity index (χ2n) is 10.6. The fourth-order valence-corrected chi connectivity index (χ4v) is 6.65. The van der Waals surface area contributed by atoms with E-state index in [0.29, 0.717) is 36.9 Å². The molecule has 1 N–H and O–H groups in total. The Morgan fingerprint density at radius 1 is 1.00 bits per heavy atom. The van der Waals surface area contributed by atoms with Crippen molar-refractivity contribution in [2.75, 3.05) is 51.7 Å². The number of anilines is 1. The van der Waals surface area contributed by atoms with Gasteiger partial charge in [0.1, 0.15) is 12.4 Å². The van der Waals surface area contributed by atoms with E-state index in [1.807, 2.05) is 79.2 Å². The predicted octanol–water partition coefficient (Wildman–Crippen LogP) is 5.50. The summed E-state index contributed by atoms with van der Waals surface area (Å²) in [5.74, 6) is 1.55. The largest absolute Gasteiger partial charge is 0.493 e. The number of benzene rings is 3. The predicted molar refractivity (Wildman–Crippen MR) is 174 cm³/mol. The molecule has 4 aromatic rings. The van der Waals surface area contributed by atoms with Gasteiger partial charge in [0, 0.05) is 31.4 Å². The third kappa shape index (κ3) is 6.46. The van der Waals surface area contributed by atoms with Crippen LogP contribution in [0.2, 0.25) is 0 Å². The van der Waals surface area contributed by atoms with Gasteiger partial charge in [0.05, 0.1) is 36.6 Å².